The molecule has 0 aliphatic carbocycles. The van der Waals surface area contributed by atoms with E-state index in [-0.39, 0.29) is 18.4 Å². The van der Waals surface area contributed by atoms with Crippen LogP contribution in [-0.4, -0.2) is 31.6 Å². The summed E-state index contributed by atoms with van der Waals surface area (Å²) >= 11 is 12.0. The monoisotopic (exact) mass is 496 g/mol. The SMILES string of the molecule is Cc1ccc(OCCN2C(=O)COc3cc(NC(=O)/C=C/c4ccc(Cl)cc4Cl)ccc32)cc1. The van der Waals surface area contributed by atoms with Gasteiger partial charge in [-0.1, -0.05) is 47.0 Å². The maximum absolute atomic E-state index is 12.4. The van der Waals surface area contributed by atoms with E-state index in [2.05, 4.69) is 5.32 Å². The predicted molar refractivity (Wildman–Crippen MR) is 135 cm³/mol. The third-order valence-electron chi connectivity index (χ3n) is 5.15. The lowest BCUT2D eigenvalue weighted by atomic mass is 10.2. The van der Waals surface area contributed by atoms with Crippen LogP contribution in [0, 0.1) is 6.92 Å². The lowest BCUT2D eigenvalue weighted by Crippen LogP contribution is -2.41. The van der Waals surface area contributed by atoms with Crippen LogP contribution in [0.25, 0.3) is 6.08 Å². The van der Waals surface area contributed by atoms with Gasteiger partial charge in [-0.15, -0.1) is 0 Å². The molecule has 3 aromatic rings. The quantitative estimate of drug-likeness (QED) is 0.422. The van der Waals surface area contributed by atoms with E-state index in [0.717, 1.165) is 11.3 Å². The minimum atomic E-state index is -0.332. The van der Waals surface area contributed by atoms with E-state index < -0.39 is 0 Å². The summed E-state index contributed by atoms with van der Waals surface area (Å²) in [6.45, 7) is 2.64. The molecular formula is C26H22Cl2N2O4. The second-order valence-electron chi connectivity index (χ2n) is 7.67. The molecule has 0 saturated carbocycles. The minimum absolute atomic E-state index is 0.0795. The first-order chi connectivity index (χ1) is 16.4. The Morgan fingerprint density at radius 1 is 1.12 bits per heavy atom. The number of hydrogen-bond donors (Lipinski definition) is 1. The molecule has 0 atom stereocenters. The van der Waals surface area contributed by atoms with Crippen molar-refractivity contribution >= 4 is 52.5 Å². The lowest BCUT2D eigenvalue weighted by molar-refractivity contribution is -0.121. The van der Waals surface area contributed by atoms with Crippen molar-refractivity contribution in [2.24, 2.45) is 0 Å². The number of aryl methyl sites for hydroxylation is 1. The Labute approximate surface area is 207 Å². The van der Waals surface area contributed by atoms with Crippen LogP contribution in [-0.2, 0) is 9.59 Å². The zero-order valence-electron chi connectivity index (χ0n) is 18.4. The van der Waals surface area contributed by atoms with Gasteiger partial charge in [-0.3, -0.25) is 9.59 Å². The van der Waals surface area contributed by atoms with Crippen LogP contribution in [0.15, 0.2) is 66.7 Å². The molecule has 1 aliphatic rings. The van der Waals surface area contributed by atoms with Crippen LogP contribution >= 0.6 is 23.2 Å². The van der Waals surface area contributed by atoms with Gasteiger partial charge in [0.2, 0.25) is 5.91 Å². The van der Waals surface area contributed by atoms with Crippen molar-refractivity contribution in [3.63, 3.8) is 0 Å². The van der Waals surface area contributed by atoms with Gasteiger partial charge in [0.15, 0.2) is 6.61 Å². The lowest BCUT2D eigenvalue weighted by Gasteiger charge is -2.29. The molecule has 8 heteroatoms. The molecule has 3 aromatic carbocycles. The fourth-order valence-electron chi connectivity index (χ4n) is 3.40. The highest BCUT2D eigenvalue weighted by Gasteiger charge is 2.25. The van der Waals surface area contributed by atoms with Crippen molar-refractivity contribution in [3.8, 4) is 11.5 Å². The Morgan fingerprint density at radius 3 is 2.68 bits per heavy atom. The molecule has 1 N–H and O–H groups in total. The molecule has 1 aliphatic heterocycles. The summed E-state index contributed by atoms with van der Waals surface area (Å²) < 4.78 is 11.4. The van der Waals surface area contributed by atoms with Crippen LogP contribution in [0.5, 0.6) is 11.5 Å². The number of benzene rings is 3. The number of nitrogens with zero attached hydrogens (tertiary/aromatic N) is 1. The molecule has 174 valence electrons. The van der Waals surface area contributed by atoms with Crippen LogP contribution in [0.1, 0.15) is 11.1 Å². The highest BCUT2D eigenvalue weighted by molar-refractivity contribution is 6.35. The van der Waals surface area contributed by atoms with E-state index in [9.17, 15) is 9.59 Å². The molecule has 0 fully saturated rings. The molecular weight excluding hydrogens is 475 g/mol. The summed E-state index contributed by atoms with van der Waals surface area (Å²) in [5, 5.41) is 3.76. The molecule has 6 nitrogen and oxygen atoms in total. The van der Waals surface area contributed by atoms with Gasteiger partial charge in [0.05, 0.1) is 12.2 Å². The number of anilines is 2. The van der Waals surface area contributed by atoms with Gasteiger partial charge in [-0.05, 0) is 55.0 Å². The number of hydrogen-bond acceptors (Lipinski definition) is 4. The maximum atomic E-state index is 12.4. The second-order valence-corrected chi connectivity index (χ2v) is 8.51. The van der Waals surface area contributed by atoms with Gasteiger partial charge in [0, 0.05) is 27.9 Å². The fourth-order valence-corrected chi connectivity index (χ4v) is 3.87. The van der Waals surface area contributed by atoms with E-state index in [4.69, 9.17) is 32.7 Å². The average molecular weight is 497 g/mol. The van der Waals surface area contributed by atoms with Gasteiger partial charge < -0.3 is 19.7 Å². The average Bonchev–Trinajstić information content (AvgIpc) is 2.81. The molecule has 2 amide bonds. The van der Waals surface area contributed by atoms with Crippen LogP contribution in [0.4, 0.5) is 11.4 Å². The third-order valence-corrected chi connectivity index (χ3v) is 5.71. The Balaban J connectivity index is 1.39. The first-order valence-corrected chi connectivity index (χ1v) is 11.4. The van der Waals surface area contributed by atoms with Crippen molar-refractivity contribution in [3.05, 3.63) is 87.9 Å². The van der Waals surface area contributed by atoms with Gasteiger partial charge in [0.25, 0.3) is 5.91 Å². The zero-order chi connectivity index (χ0) is 24.1. The molecule has 4 rings (SSSR count). The molecule has 0 spiro atoms. The standard InChI is InChI=1S/C26H22Cl2N2O4/c1-17-2-8-21(9-3-17)33-13-12-30-23-10-7-20(15-24(23)34-16-26(30)32)29-25(31)11-5-18-4-6-19(27)14-22(18)28/h2-11,14-15H,12-13,16H2,1H3,(H,29,31)/b11-5+. The highest BCUT2D eigenvalue weighted by Crippen LogP contribution is 2.34. The summed E-state index contributed by atoms with van der Waals surface area (Å²) in [5.41, 5.74) is 3.00. The van der Waals surface area contributed by atoms with E-state index in [0.29, 0.717) is 45.9 Å². The molecule has 0 radical (unpaired) electrons. The van der Waals surface area contributed by atoms with Crippen LogP contribution in [0.3, 0.4) is 0 Å². The van der Waals surface area contributed by atoms with Gasteiger partial charge in [-0.2, -0.15) is 0 Å². The van der Waals surface area contributed by atoms with Crippen molar-refractivity contribution in [1.29, 1.82) is 0 Å². The molecule has 0 saturated heterocycles. The first kappa shape index (κ1) is 23.7. The summed E-state index contributed by atoms with van der Waals surface area (Å²) in [6.07, 6.45) is 2.99. The van der Waals surface area contributed by atoms with Gasteiger partial charge >= 0.3 is 0 Å². The van der Waals surface area contributed by atoms with Crippen molar-refractivity contribution in [2.75, 3.05) is 30.0 Å². The maximum Gasteiger partial charge on any atom is 0.265 e. The Kier molecular flexibility index (Phi) is 7.40. The smallest absolute Gasteiger partial charge is 0.265 e. The van der Waals surface area contributed by atoms with Crippen LogP contribution in [0.2, 0.25) is 10.0 Å². The molecule has 34 heavy (non-hydrogen) atoms. The number of halogens is 2. The normalized spacial score (nSPS) is 12.9. The predicted octanol–water partition coefficient (Wildman–Crippen LogP) is 5.76. The van der Waals surface area contributed by atoms with Crippen molar-refractivity contribution in [2.45, 2.75) is 6.92 Å². The largest absolute Gasteiger partial charge is 0.492 e. The molecule has 0 unspecified atom stereocenters. The third kappa shape index (κ3) is 5.90. The van der Waals surface area contributed by atoms with E-state index in [1.165, 1.54) is 6.08 Å². The topological polar surface area (TPSA) is 67.9 Å². The van der Waals surface area contributed by atoms with E-state index in [1.807, 2.05) is 31.2 Å². The summed E-state index contributed by atoms with van der Waals surface area (Å²) in [4.78, 5) is 26.4. The van der Waals surface area contributed by atoms with E-state index >= 15 is 0 Å². The van der Waals surface area contributed by atoms with Crippen molar-refractivity contribution < 1.29 is 19.1 Å². The summed E-state index contributed by atoms with van der Waals surface area (Å²) in [7, 11) is 0. The van der Waals surface area contributed by atoms with Crippen molar-refractivity contribution in [1.82, 2.24) is 0 Å². The number of amides is 2. The van der Waals surface area contributed by atoms with E-state index in [1.54, 1.807) is 47.4 Å². The number of ether oxygens (including phenoxy) is 2. The molecule has 0 bridgehead atoms. The Hall–Kier alpha value is -3.48. The zero-order valence-corrected chi connectivity index (χ0v) is 19.9. The Bertz CT molecular complexity index is 1240. The molecule has 0 aromatic heterocycles. The number of carbonyl (C=O) groups is 2. The Morgan fingerprint density at radius 2 is 1.91 bits per heavy atom. The highest BCUT2D eigenvalue weighted by atomic mass is 35.5. The number of fused-ring (bicyclic) bond motifs is 1. The summed E-state index contributed by atoms with van der Waals surface area (Å²) in [6, 6.07) is 17.9. The van der Waals surface area contributed by atoms with Gasteiger partial charge in [0.1, 0.15) is 18.1 Å². The minimum Gasteiger partial charge on any atom is -0.492 e. The fraction of sp³-hybridized carbons (Fsp3) is 0.154. The number of nitrogens with one attached hydrogen (secondary N) is 1. The van der Waals surface area contributed by atoms with Crippen LogP contribution < -0.4 is 19.7 Å². The number of carbonyl (C=O) groups excluding carboxylic acids is 2. The van der Waals surface area contributed by atoms with Gasteiger partial charge in [-0.25, -0.2) is 0 Å². The summed E-state index contributed by atoms with van der Waals surface area (Å²) in [5.74, 6) is 0.774. The number of rotatable bonds is 7. The first-order valence-electron chi connectivity index (χ1n) is 10.6. The second kappa shape index (κ2) is 10.6. The molecule has 1 heterocycles.